The van der Waals surface area contributed by atoms with Crippen molar-refractivity contribution in [3.8, 4) is 0 Å². The SMILES string of the molecule is Cl.O=[C-]C=[NH+]CC(=O)O. The van der Waals surface area contributed by atoms with Gasteiger partial charge in [0.05, 0.1) is 0 Å². The van der Waals surface area contributed by atoms with E-state index in [0.717, 1.165) is 6.21 Å². The van der Waals surface area contributed by atoms with E-state index in [0.29, 0.717) is 0 Å². The molecule has 0 radical (unpaired) electrons. The molecule has 0 aromatic rings. The van der Waals surface area contributed by atoms with E-state index >= 15 is 0 Å². The summed E-state index contributed by atoms with van der Waals surface area (Å²) in [5, 5.41) is 7.93. The van der Waals surface area contributed by atoms with Gasteiger partial charge in [-0.2, -0.15) is 6.29 Å². The molecule has 52 valence electrons. The molecule has 0 heterocycles. The van der Waals surface area contributed by atoms with Crippen molar-refractivity contribution < 1.29 is 19.7 Å². The molecule has 2 N–H and O–H groups in total. The molecule has 0 aromatic carbocycles. The van der Waals surface area contributed by atoms with Crippen molar-refractivity contribution in [1.29, 1.82) is 0 Å². The Hall–Kier alpha value is -0.900. The Labute approximate surface area is 58.0 Å². The van der Waals surface area contributed by atoms with Crippen LogP contribution in [0, 0.1) is 0 Å². The topological polar surface area (TPSA) is 68.3 Å². The van der Waals surface area contributed by atoms with E-state index < -0.39 is 5.97 Å². The molecule has 0 aromatic heterocycles. The maximum atomic E-state index is 9.66. The highest BCUT2D eigenvalue weighted by atomic mass is 35.5. The molecule has 0 bridgehead atoms. The monoisotopic (exact) mass is 151 g/mol. The third-order valence-corrected chi connectivity index (χ3v) is 0.414. The molecule has 0 rings (SSSR count). The lowest BCUT2D eigenvalue weighted by Gasteiger charge is -1.77. The van der Waals surface area contributed by atoms with Crippen LogP contribution in [0.25, 0.3) is 0 Å². The fraction of sp³-hybridized carbons (Fsp3) is 0.250. The first-order chi connectivity index (χ1) is 3.77. The summed E-state index contributed by atoms with van der Waals surface area (Å²) in [5.74, 6) is -1.00. The zero-order valence-corrected chi connectivity index (χ0v) is 5.27. The molecular weight excluding hydrogens is 146 g/mol. The van der Waals surface area contributed by atoms with Crippen LogP contribution in [0.3, 0.4) is 0 Å². The highest BCUT2D eigenvalue weighted by Gasteiger charge is 1.91. The largest absolute Gasteiger partial charge is 0.532 e. The highest BCUT2D eigenvalue weighted by Crippen LogP contribution is 1.42. The van der Waals surface area contributed by atoms with Crippen molar-refractivity contribution in [1.82, 2.24) is 0 Å². The third kappa shape index (κ3) is 11.0. The maximum absolute atomic E-state index is 9.66. The lowest BCUT2D eigenvalue weighted by molar-refractivity contribution is -0.439. The van der Waals surface area contributed by atoms with Crippen molar-refractivity contribution in [2.75, 3.05) is 6.54 Å². The molecule has 0 unspecified atom stereocenters. The Morgan fingerprint density at radius 1 is 1.78 bits per heavy atom. The Kier molecular flexibility index (Phi) is 8.66. The molecule has 0 saturated carbocycles. The van der Waals surface area contributed by atoms with Crippen LogP contribution in [0.4, 0.5) is 0 Å². The average molecular weight is 152 g/mol. The Balaban J connectivity index is 0. The second kappa shape index (κ2) is 7.10. The van der Waals surface area contributed by atoms with Crippen molar-refractivity contribution in [3.63, 3.8) is 0 Å². The summed E-state index contributed by atoms with van der Waals surface area (Å²) in [7, 11) is 0. The predicted octanol–water partition coefficient (Wildman–Crippen LogP) is -2.25. The lowest BCUT2D eigenvalue weighted by atomic mass is 10.7. The summed E-state index contributed by atoms with van der Waals surface area (Å²) >= 11 is 0. The summed E-state index contributed by atoms with van der Waals surface area (Å²) in [4.78, 5) is 21.2. The molecule has 0 spiro atoms. The van der Waals surface area contributed by atoms with Gasteiger partial charge < -0.3 is 9.90 Å². The molecule has 9 heavy (non-hydrogen) atoms. The Morgan fingerprint density at radius 3 is 2.67 bits per heavy atom. The molecule has 5 heteroatoms. The highest BCUT2D eigenvalue weighted by molar-refractivity contribution is 6.10. The summed E-state index contributed by atoms with van der Waals surface area (Å²) in [6.07, 6.45) is 2.28. The number of carbonyl (C=O) groups excluding carboxylic acids is 1. The van der Waals surface area contributed by atoms with E-state index in [1.165, 1.54) is 6.29 Å². The van der Waals surface area contributed by atoms with Crippen LogP contribution in [0.2, 0.25) is 0 Å². The van der Waals surface area contributed by atoms with Gasteiger partial charge in [-0.05, 0) is 0 Å². The van der Waals surface area contributed by atoms with E-state index in [9.17, 15) is 9.59 Å². The number of aliphatic carboxylic acids is 1. The van der Waals surface area contributed by atoms with Crippen LogP contribution < -0.4 is 4.99 Å². The van der Waals surface area contributed by atoms with Gasteiger partial charge in [0.1, 0.15) is 0 Å². The minimum Gasteiger partial charge on any atom is -0.532 e. The van der Waals surface area contributed by atoms with E-state index in [4.69, 9.17) is 5.11 Å². The van der Waals surface area contributed by atoms with Crippen LogP contribution in [-0.4, -0.2) is 30.1 Å². The van der Waals surface area contributed by atoms with Crippen LogP contribution in [0.1, 0.15) is 0 Å². The van der Waals surface area contributed by atoms with Crippen molar-refractivity contribution in [2.45, 2.75) is 0 Å². The normalized spacial score (nSPS) is 8.44. The summed E-state index contributed by atoms with van der Waals surface area (Å²) in [6.45, 7) is -0.241. The van der Waals surface area contributed by atoms with Crippen molar-refractivity contribution >= 4 is 30.9 Å². The first kappa shape index (κ1) is 11.0. The summed E-state index contributed by atoms with van der Waals surface area (Å²) in [5.41, 5.74) is 0. The van der Waals surface area contributed by atoms with Crippen molar-refractivity contribution in [3.05, 3.63) is 0 Å². The van der Waals surface area contributed by atoms with Crippen LogP contribution in [0.5, 0.6) is 0 Å². The lowest BCUT2D eigenvalue weighted by Crippen LogP contribution is -2.71. The molecule has 0 aliphatic rings. The predicted molar refractivity (Wildman–Crippen MR) is 32.5 cm³/mol. The number of nitrogens with one attached hydrogen (secondary N) is 1. The number of carboxylic acids is 1. The van der Waals surface area contributed by atoms with Crippen LogP contribution in [-0.2, 0) is 9.59 Å². The van der Waals surface area contributed by atoms with Gasteiger partial charge in [0.25, 0.3) is 0 Å². The van der Waals surface area contributed by atoms with E-state index in [1.807, 2.05) is 0 Å². The minimum absolute atomic E-state index is 0. The van der Waals surface area contributed by atoms with Gasteiger partial charge in [-0.3, -0.25) is 4.99 Å². The van der Waals surface area contributed by atoms with Crippen LogP contribution >= 0.6 is 12.4 Å². The molecule has 0 atom stereocenters. The number of halogens is 1. The second-order valence-corrected chi connectivity index (χ2v) is 1.04. The molecular formula is C4H6ClNO3. The molecule has 0 aliphatic carbocycles. The van der Waals surface area contributed by atoms with E-state index in [2.05, 4.69) is 4.99 Å². The van der Waals surface area contributed by atoms with Gasteiger partial charge in [-0.25, -0.2) is 4.79 Å². The third-order valence-electron chi connectivity index (χ3n) is 0.414. The van der Waals surface area contributed by atoms with E-state index in [1.54, 1.807) is 0 Å². The van der Waals surface area contributed by atoms with Gasteiger partial charge >= 0.3 is 5.97 Å². The molecule has 0 saturated heterocycles. The number of carboxylic acid groups (broad SMARTS) is 1. The van der Waals surface area contributed by atoms with Gasteiger partial charge in [0.2, 0.25) is 6.54 Å². The zero-order chi connectivity index (χ0) is 6.41. The van der Waals surface area contributed by atoms with Crippen LogP contribution in [0.15, 0.2) is 0 Å². The molecule has 4 nitrogen and oxygen atoms in total. The fourth-order valence-electron chi connectivity index (χ4n) is 0.180. The number of carbonyl (C=O) groups is 1. The fourth-order valence-corrected chi connectivity index (χ4v) is 0.180. The maximum Gasteiger partial charge on any atom is 0.369 e. The van der Waals surface area contributed by atoms with Gasteiger partial charge in [-0.15, -0.1) is 12.4 Å². The number of hydrogen-bond donors (Lipinski definition) is 2. The molecule has 0 aliphatic heterocycles. The quantitative estimate of drug-likeness (QED) is 0.354. The standard InChI is InChI=1S/C4H4NO3.ClH/c6-2-1-5-3-4(7)8;/h1H,3H2,(H,7,8);1H/q-1;/p+1. The van der Waals surface area contributed by atoms with Gasteiger partial charge in [0.15, 0.2) is 0 Å². The van der Waals surface area contributed by atoms with E-state index in [-0.39, 0.29) is 19.0 Å². The summed E-state index contributed by atoms with van der Waals surface area (Å²) < 4.78 is 0. The summed E-state index contributed by atoms with van der Waals surface area (Å²) in [6, 6.07) is 0. The Bertz CT molecular complexity index is 123. The smallest absolute Gasteiger partial charge is 0.369 e. The average Bonchev–Trinajstić information content (AvgIpc) is 1.66. The minimum atomic E-state index is -1.00. The second-order valence-electron chi connectivity index (χ2n) is 1.04. The number of hydrogen-bond acceptors (Lipinski definition) is 2. The first-order valence-corrected chi connectivity index (χ1v) is 1.92. The molecule has 0 amide bonds. The van der Waals surface area contributed by atoms with Gasteiger partial charge in [-0.1, -0.05) is 0 Å². The first-order valence-electron chi connectivity index (χ1n) is 1.92. The molecule has 0 fully saturated rings. The Morgan fingerprint density at radius 2 is 2.33 bits per heavy atom. The van der Waals surface area contributed by atoms with Gasteiger partial charge in [0, 0.05) is 6.21 Å². The van der Waals surface area contributed by atoms with Crippen molar-refractivity contribution in [2.24, 2.45) is 0 Å². The zero-order valence-electron chi connectivity index (χ0n) is 4.46. The number of rotatable bonds is 3.